The molecule has 1 aromatic rings. The Morgan fingerprint density at radius 3 is 3.05 bits per heavy atom. The molecule has 1 aliphatic carbocycles. The zero-order valence-corrected chi connectivity index (χ0v) is 11.4. The molecule has 102 valence electrons. The van der Waals surface area contributed by atoms with Crippen molar-refractivity contribution in [2.75, 3.05) is 23.7 Å². The van der Waals surface area contributed by atoms with E-state index in [9.17, 15) is 0 Å². The number of hydrogen-bond donors (Lipinski definition) is 2. The molecule has 1 aliphatic rings. The van der Waals surface area contributed by atoms with Crippen LogP contribution in [0.25, 0.3) is 0 Å². The third-order valence-corrected chi connectivity index (χ3v) is 3.20. The van der Waals surface area contributed by atoms with Gasteiger partial charge in [-0.25, -0.2) is 4.98 Å². The number of nitrogens with one attached hydrogen (secondary N) is 2. The van der Waals surface area contributed by atoms with Gasteiger partial charge in [-0.3, -0.25) is 0 Å². The summed E-state index contributed by atoms with van der Waals surface area (Å²) in [5.41, 5.74) is 1.58. The van der Waals surface area contributed by atoms with E-state index in [4.69, 9.17) is 0 Å². The maximum absolute atomic E-state index is 4.39. The minimum atomic E-state index is 0.641. The van der Waals surface area contributed by atoms with Crippen molar-refractivity contribution in [3.8, 4) is 0 Å². The average molecular weight is 258 g/mol. The summed E-state index contributed by atoms with van der Waals surface area (Å²) in [5, 5.41) is 6.43. The number of hydrogen-bond acceptors (Lipinski definition) is 4. The van der Waals surface area contributed by atoms with E-state index in [1.165, 1.54) is 25.7 Å². The summed E-state index contributed by atoms with van der Waals surface area (Å²) >= 11 is 0. The van der Waals surface area contributed by atoms with Crippen LogP contribution in [0.15, 0.2) is 36.6 Å². The quantitative estimate of drug-likeness (QED) is 0.736. The van der Waals surface area contributed by atoms with Crippen LogP contribution in [0.4, 0.5) is 11.8 Å². The van der Waals surface area contributed by atoms with E-state index in [0.717, 1.165) is 18.8 Å². The SMILES string of the molecule is C=CCNc1nccc(NCCC2=CCCCC2)n1. The highest BCUT2D eigenvalue weighted by Gasteiger charge is 2.03. The lowest BCUT2D eigenvalue weighted by Crippen LogP contribution is -2.08. The molecule has 1 heterocycles. The highest BCUT2D eigenvalue weighted by Crippen LogP contribution is 2.19. The van der Waals surface area contributed by atoms with Crippen molar-refractivity contribution in [1.29, 1.82) is 0 Å². The van der Waals surface area contributed by atoms with E-state index in [1.807, 2.05) is 6.07 Å². The van der Waals surface area contributed by atoms with Crippen molar-refractivity contribution in [2.45, 2.75) is 32.1 Å². The zero-order valence-electron chi connectivity index (χ0n) is 11.4. The van der Waals surface area contributed by atoms with Gasteiger partial charge in [0.15, 0.2) is 0 Å². The lowest BCUT2D eigenvalue weighted by Gasteiger charge is -2.13. The van der Waals surface area contributed by atoms with Crippen LogP contribution in [0.5, 0.6) is 0 Å². The topological polar surface area (TPSA) is 49.8 Å². The fourth-order valence-electron chi connectivity index (χ4n) is 2.19. The molecule has 0 aliphatic heterocycles. The van der Waals surface area contributed by atoms with Crippen LogP contribution in [0, 0.1) is 0 Å². The van der Waals surface area contributed by atoms with E-state index < -0.39 is 0 Å². The van der Waals surface area contributed by atoms with Crippen LogP contribution in [0.2, 0.25) is 0 Å². The van der Waals surface area contributed by atoms with Crippen LogP contribution in [-0.2, 0) is 0 Å². The molecule has 0 radical (unpaired) electrons. The van der Waals surface area contributed by atoms with Crippen molar-refractivity contribution >= 4 is 11.8 Å². The molecular weight excluding hydrogens is 236 g/mol. The van der Waals surface area contributed by atoms with E-state index >= 15 is 0 Å². The molecule has 19 heavy (non-hydrogen) atoms. The summed E-state index contributed by atoms with van der Waals surface area (Å²) in [6.45, 7) is 5.27. The molecule has 4 nitrogen and oxygen atoms in total. The van der Waals surface area contributed by atoms with Crippen molar-refractivity contribution in [1.82, 2.24) is 9.97 Å². The third kappa shape index (κ3) is 4.73. The average Bonchev–Trinajstić information content (AvgIpc) is 2.47. The smallest absolute Gasteiger partial charge is 0.224 e. The molecule has 0 atom stereocenters. The highest BCUT2D eigenvalue weighted by molar-refractivity contribution is 5.39. The summed E-state index contributed by atoms with van der Waals surface area (Å²) in [5.74, 6) is 1.51. The Bertz CT molecular complexity index is 440. The highest BCUT2D eigenvalue weighted by atomic mass is 15.1. The zero-order chi connectivity index (χ0) is 13.3. The fraction of sp³-hybridized carbons (Fsp3) is 0.467. The van der Waals surface area contributed by atoms with E-state index in [2.05, 4.69) is 33.3 Å². The number of anilines is 2. The predicted molar refractivity (Wildman–Crippen MR) is 80.4 cm³/mol. The van der Waals surface area contributed by atoms with Gasteiger partial charge < -0.3 is 10.6 Å². The van der Waals surface area contributed by atoms with E-state index in [0.29, 0.717) is 12.5 Å². The minimum Gasteiger partial charge on any atom is -0.370 e. The van der Waals surface area contributed by atoms with Gasteiger partial charge in [0, 0.05) is 19.3 Å². The van der Waals surface area contributed by atoms with Crippen molar-refractivity contribution < 1.29 is 0 Å². The minimum absolute atomic E-state index is 0.641. The van der Waals surface area contributed by atoms with Gasteiger partial charge in [-0.2, -0.15) is 4.98 Å². The first-order valence-electron chi connectivity index (χ1n) is 6.98. The first kappa shape index (κ1) is 13.6. The van der Waals surface area contributed by atoms with Crippen LogP contribution < -0.4 is 10.6 Å². The molecule has 0 fully saturated rings. The summed E-state index contributed by atoms with van der Waals surface area (Å²) in [6.07, 6.45) is 12.3. The van der Waals surface area contributed by atoms with E-state index in [1.54, 1.807) is 17.8 Å². The van der Waals surface area contributed by atoms with Gasteiger partial charge >= 0.3 is 0 Å². The number of nitrogens with zero attached hydrogens (tertiary/aromatic N) is 2. The lowest BCUT2D eigenvalue weighted by molar-refractivity contribution is 0.679. The van der Waals surface area contributed by atoms with Crippen molar-refractivity contribution in [2.24, 2.45) is 0 Å². The third-order valence-electron chi connectivity index (χ3n) is 3.20. The Morgan fingerprint density at radius 2 is 2.26 bits per heavy atom. The monoisotopic (exact) mass is 258 g/mol. The van der Waals surface area contributed by atoms with Gasteiger partial charge in [0.05, 0.1) is 0 Å². The fourth-order valence-corrected chi connectivity index (χ4v) is 2.19. The molecule has 0 saturated carbocycles. The van der Waals surface area contributed by atoms with Crippen molar-refractivity contribution in [3.05, 3.63) is 36.6 Å². The van der Waals surface area contributed by atoms with Gasteiger partial charge in [0.25, 0.3) is 0 Å². The standard InChI is InChI=1S/C15H22N4/c1-2-10-17-15-18-12-9-14(19-15)16-11-8-13-6-4-3-5-7-13/h2,6,9,12H,1,3-5,7-8,10-11H2,(H2,16,17,18,19). The van der Waals surface area contributed by atoms with Gasteiger partial charge in [-0.05, 0) is 38.2 Å². The Labute approximate surface area is 115 Å². The second-order valence-electron chi connectivity index (χ2n) is 4.72. The summed E-state index contributed by atoms with van der Waals surface area (Å²) in [6, 6.07) is 1.90. The Kier molecular flexibility index (Phi) is 5.41. The second-order valence-corrected chi connectivity index (χ2v) is 4.72. The molecule has 2 N–H and O–H groups in total. The number of allylic oxidation sites excluding steroid dienone is 1. The summed E-state index contributed by atoms with van der Waals surface area (Å²) in [7, 11) is 0. The van der Waals surface area contributed by atoms with Crippen LogP contribution >= 0.6 is 0 Å². The normalized spacial score (nSPS) is 14.6. The number of rotatable bonds is 7. The molecule has 2 rings (SSSR count). The van der Waals surface area contributed by atoms with E-state index in [-0.39, 0.29) is 0 Å². The van der Waals surface area contributed by atoms with Crippen LogP contribution in [0.1, 0.15) is 32.1 Å². The molecule has 0 saturated heterocycles. The molecule has 0 unspecified atom stereocenters. The second kappa shape index (κ2) is 7.56. The molecule has 0 amide bonds. The van der Waals surface area contributed by atoms with Gasteiger partial charge in [0.2, 0.25) is 5.95 Å². The summed E-state index contributed by atoms with van der Waals surface area (Å²) < 4.78 is 0. The first-order valence-corrected chi connectivity index (χ1v) is 6.98. The molecule has 4 heteroatoms. The summed E-state index contributed by atoms with van der Waals surface area (Å²) in [4.78, 5) is 8.55. The predicted octanol–water partition coefficient (Wildman–Crippen LogP) is 3.38. The van der Waals surface area contributed by atoms with Crippen molar-refractivity contribution in [3.63, 3.8) is 0 Å². The number of aromatic nitrogens is 2. The van der Waals surface area contributed by atoms with Gasteiger partial charge in [-0.15, -0.1) is 6.58 Å². The Balaban J connectivity index is 1.78. The molecule has 0 spiro atoms. The first-order chi connectivity index (χ1) is 9.38. The van der Waals surface area contributed by atoms with Crippen LogP contribution in [-0.4, -0.2) is 23.1 Å². The molecular formula is C15H22N4. The Hall–Kier alpha value is -1.84. The lowest BCUT2D eigenvalue weighted by atomic mass is 9.97. The van der Waals surface area contributed by atoms with Gasteiger partial charge in [0.1, 0.15) is 5.82 Å². The maximum Gasteiger partial charge on any atom is 0.224 e. The van der Waals surface area contributed by atoms with Gasteiger partial charge in [-0.1, -0.05) is 17.7 Å². The van der Waals surface area contributed by atoms with Crippen LogP contribution in [0.3, 0.4) is 0 Å². The maximum atomic E-state index is 4.39. The largest absolute Gasteiger partial charge is 0.370 e. The molecule has 1 aromatic heterocycles. The molecule has 0 aromatic carbocycles. The Morgan fingerprint density at radius 1 is 1.32 bits per heavy atom. The molecule has 0 bridgehead atoms.